The van der Waals surface area contributed by atoms with Crippen molar-refractivity contribution in [3.8, 4) is 0 Å². The first-order chi connectivity index (χ1) is 25.7. The number of carboxylic acids is 3. The molecule has 0 spiro atoms. The highest BCUT2D eigenvalue weighted by Crippen LogP contribution is 2.27. The lowest BCUT2D eigenvalue weighted by molar-refractivity contribution is -0.140. The number of rotatable bonds is 15. The molecule has 2 fully saturated rings. The average molecular weight is 756 g/mol. The Kier molecular flexibility index (Phi) is 15.7. The highest BCUT2D eigenvalue weighted by molar-refractivity contribution is 6.43. The van der Waals surface area contributed by atoms with Crippen LogP contribution in [-0.2, 0) is 24.0 Å². The van der Waals surface area contributed by atoms with Crippen molar-refractivity contribution >= 4 is 59.1 Å². The van der Waals surface area contributed by atoms with E-state index in [2.05, 4.69) is 10.6 Å². The van der Waals surface area contributed by atoms with Crippen LogP contribution in [0.2, 0.25) is 0 Å². The molecule has 0 radical (unpaired) electrons. The number of amides is 2. The van der Waals surface area contributed by atoms with Gasteiger partial charge in [0.25, 0.3) is 5.91 Å². The second kappa shape index (κ2) is 20.1. The van der Waals surface area contributed by atoms with Crippen molar-refractivity contribution in [3.63, 3.8) is 0 Å². The van der Waals surface area contributed by atoms with E-state index in [1.165, 1.54) is 4.90 Å². The molecule has 294 valence electrons. The first kappa shape index (κ1) is 42.1. The third-order valence-corrected chi connectivity index (χ3v) is 9.70. The van der Waals surface area contributed by atoms with Crippen LogP contribution >= 0.6 is 0 Å². The minimum Gasteiger partial charge on any atom is -0.480 e. The third kappa shape index (κ3) is 12.5. The maximum atomic E-state index is 13.4. The van der Waals surface area contributed by atoms with E-state index in [-0.39, 0.29) is 77.8 Å². The molecule has 4 rings (SSSR count). The molecule has 0 unspecified atom stereocenters. The van der Waals surface area contributed by atoms with E-state index >= 15 is 0 Å². The zero-order valence-electron chi connectivity index (χ0n) is 30.4. The number of hydrogen-bond donors (Lipinski definition) is 7. The molecule has 2 aromatic carbocycles. The van der Waals surface area contributed by atoms with E-state index in [1.807, 2.05) is 4.90 Å². The highest BCUT2D eigenvalue weighted by Gasteiger charge is 2.38. The van der Waals surface area contributed by atoms with Gasteiger partial charge in [0.15, 0.2) is 5.78 Å². The van der Waals surface area contributed by atoms with Crippen LogP contribution in [0.15, 0.2) is 36.4 Å². The first-order valence-electron chi connectivity index (χ1n) is 18.0. The number of hydrogen-bond acceptors (Lipinski definition) is 13. The number of aliphatic carboxylic acids is 3. The van der Waals surface area contributed by atoms with Gasteiger partial charge in [-0.05, 0) is 37.3 Å². The average Bonchev–Trinajstić information content (AvgIpc) is 3.61. The molecular formula is C35H50BN7O11. The number of carboxylic acid groups (broad SMARTS) is 3. The normalized spacial score (nSPS) is 19.0. The van der Waals surface area contributed by atoms with Gasteiger partial charge in [-0.1, -0.05) is 24.3 Å². The zero-order chi connectivity index (χ0) is 39.4. The summed E-state index contributed by atoms with van der Waals surface area (Å²) in [6.07, 6.45) is 1.08. The Labute approximate surface area is 313 Å². The van der Waals surface area contributed by atoms with Crippen LogP contribution in [0.25, 0.3) is 10.8 Å². The van der Waals surface area contributed by atoms with E-state index in [0.717, 1.165) is 0 Å². The van der Waals surface area contributed by atoms with Gasteiger partial charge in [-0.3, -0.25) is 48.4 Å². The molecular weight excluding hydrogens is 705 g/mol. The first-order valence-corrected chi connectivity index (χ1v) is 18.0. The Hall–Kier alpha value is -4.66. The molecule has 0 bridgehead atoms. The largest absolute Gasteiger partial charge is 0.480 e. The molecule has 7 N–H and O–H groups in total. The number of nitrogens with zero attached hydrogens (tertiary/aromatic N) is 5. The standard InChI is InChI=1S/C35H50BN7O11/c1-24(35(52)43-10-4-7-30(43)36(53)54)38-34(51)28-8-9-29(27-6-3-2-5-26(27)28)37-19-25(44)20-39-11-13-40(21-31(45)46)15-17-42(23-33(49)50)18-16-41(14-12-39)22-32(47)48/h2-3,5-6,8-9,24,30,37,53-54H,4,7,10-23H2,1H3,(H,38,51)(H,45,46)(H,47,48)(H,49,50)/t24-,30+/m1/s1. The van der Waals surface area contributed by atoms with Crippen LogP contribution < -0.4 is 10.6 Å². The van der Waals surface area contributed by atoms with Gasteiger partial charge in [-0.15, -0.1) is 0 Å². The molecule has 19 heteroatoms. The van der Waals surface area contributed by atoms with E-state index < -0.39 is 48.8 Å². The SMILES string of the molecule is C[C@@H](NC(=O)c1ccc(NCC(=O)CN2CCN(CC(=O)O)CCN(CC(=O)O)CCN(CC(=O)O)CC2)c2ccccc12)C(=O)N1CCC[C@H]1B(O)O. The van der Waals surface area contributed by atoms with Gasteiger partial charge in [0.05, 0.1) is 38.7 Å². The predicted octanol–water partition coefficient (Wildman–Crippen LogP) is -1.58. The quantitative estimate of drug-likeness (QED) is 0.101. The summed E-state index contributed by atoms with van der Waals surface area (Å²) in [5.41, 5.74) is 0.904. The van der Waals surface area contributed by atoms with Crippen LogP contribution in [0.3, 0.4) is 0 Å². The number of nitrogens with one attached hydrogen (secondary N) is 2. The van der Waals surface area contributed by atoms with E-state index in [0.29, 0.717) is 54.5 Å². The Morgan fingerprint density at radius 2 is 1.19 bits per heavy atom. The van der Waals surface area contributed by atoms with Crippen molar-refractivity contribution in [1.29, 1.82) is 0 Å². The summed E-state index contributed by atoms with van der Waals surface area (Å²) in [5.74, 6) is -4.93. The van der Waals surface area contributed by atoms with E-state index in [1.54, 1.807) is 58.0 Å². The molecule has 54 heavy (non-hydrogen) atoms. The fourth-order valence-corrected chi connectivity index (χ4v) is 6.90. The van der Waals surface area contributed by atoms with Crippen molar-refractivity contribution in [2.75, 3.05) is 96.9 Å². The number of benzene rings is 2. The number of Topliss-reactive ketones (excluding diaryl/α,β-unsaturated/α-hetero) is 1. The minimum absolute atomic E-state index is 0.00448. The molecule has 2 atom stereocenters. The minimum atomic E-state index is -1.67. The molecule has 2 amide bonds. The summed E-state index contributed by atoms with van der Waals surface area (Å²) >= 11 is 0. The summed E-state index contributed by atoms with van der Waals surface area (Å²) in [5, 5.41) is 54.8. The van der Waals surface area contributed by atoms with Crippen molar-refractivity contribution in [2.24, 2.45) is 0 Å². The van der Waals surface area contributed by atoms with Crippen LogP contribution in [0.4, 0.5) is 5.69 Å². The fourth-order valence-electron chi connectivity index (χ4n) is 6.90. The number of carbonyl (C=O) groups is 6. The Bertz CT molecular complexity index is 1630. The summed E-state index contributed by atoms with van der Waals surface area (Å²) in [6, 6.07) is 9.46. The fraction of sp³-hybridized carbons (Fsp3) is 0.543. The zero-order valence-corrected chi connectivity index (χ0v) is 30.4. The van der Waals surface area contributed by atoms with Gasteiger partial charge in [0.2, 0.25) is 5.91 Å². The molecule has 2 heterocycles. The summed E-state index contributed by atoms with van der Waals surface area (Å²) in [4.78, 5) is 82.7. The van der Waals surface area contributed by atoms with Crippen molar-refractivity contribution < 1.29 is 54.1 Å². The predicted molar refractivity (Wildman–Crippen MR) is 198 cm³/mol. The molecule has 0 saturated carbocycles. The number of carbonyl (C=O) groups excluding carboxylic acids is 3. The Morgan fingerprint density at radius 3 is 1.67 bits per heavy atom. The molecule has 0 aromatic heterocycles. The summed E-state index contributed by atoms with van der Waals surface area (Å²) in [6.45, 7) is 3.30. The van der Waals surface area contributed by atoms with Gasteiger partial charge in [0, 0.05) is 75.5 Å². The number of likely N-dealkylation sites (tertiary alicyclic amines) is 1. The third-order valence-electron chi connectivity index (χ3n) is 9.70. The molecule has 2 saturated heterocycles. The van der Waals surface area contributed by atoms with Gasteiger partial charge < -0.3 is 40.9 Å². The monoisotopic (exact) mass is 755 g/mol. The molecule has 2 aliphatic rings. The van der Waals surface area contributed by atoms with Crippen molar-refractivity contribution in [1.82, 2.24) is 29.8 Å². The smallest absolute Gasteiger partial charge is 0.475 e. The molecule has 2 aliphatic heterocycles. The lowest BCUT2D eigenvalue weighted by atomic mass is 9.78. The van der Waals surface area contributed by atoms with E-state index in [9.17, 15) is 54.1 Å². The maximum Gasteiger partial charge on any atom is 0.475 e. The summed E-state index contributed by atoms with van der Waals surface area (Å²) in [7, 11) is -1.67. The second-order valence-corrected chi connectivity index (χ2v) is 13.7. The Balaban J connectivity index is 1.42. The topological polar surface area (TPSA) is 244 Å². The number of fused-ring (bicyclic) bond motifs is 1. The second-order valence-electron chi connectivity index (χ2n) is 13.7. The van der Waals surface area contributed by atoms with Crippen LogP contribution in [0.5, 0.6) is 0 Å². The van der Waals surface area contributed by atoms with Crippen molar-refractivity contribution in [2.45, 2.75) is 31.7 Å². The molecule has 0 aliphatic carbocycles. The van der Waals surface area contributed by atoms with Gasteiger partial charge >= 0.3 is 25.0 Å². The van der Waals surface area contributed by atoms with Crippen LogP contribution in [-0.4, -0.2) is 196 Å². The lowest BCUT2D eigenvalue weighted by Gasteiger charge is -2.32. The van der Waals surface area contributed by atoms with Gasteiger partial charge in [-0.25, -0.2) is 0 Å². The maximum absolute atomic E-state index is 13.4. The Morgan fingerprint density at radius 1 is 0.704 bits per heavy atom. The number of anilines is 1. The number of ketones is 1. The highest BCUT2D eigenvalue weighted by atomic mass is 16.4. The van der Waals surface area contributed by atoms with Gasteiger partial charge in [-0.2, -0.15) is 0 Å². The molecule has 18 nitrogen and oxygen atoms in total. The van der Waals surface area contributed by atoms with Crippen molar-refractivity contribution in [3.05, 3.63) is 42.0 Å². The lowest BCUT2D eigenvalue weighted by Crippen LogP contribution is -2.52. The van der Waals surface area contributed by atoms with Crippen LogP contribution in [0, 0.1) is 0 Å². The van der Waals surface area contributed by atoms with Crippen LogP contribution in [0.1, 0.15) is 30.1 Å². The summed E-state index contributed by atoms with van der Waals surface area (Å²) < 4.78 is 0. The van der Waals surface area contributed by atoms with E-state index in [4.69, 9.17) is 0 Å². The molecule has 2 aromatic rings. The van der Waals surface area contributed by atoms with Gasteiger partial charge in [0.1, 0.15) is 6.04 Å².